The number of halogens is 1. The molecule has 0 atom stereocenters. The van der Waals surface area contributed by atoms with Gasteiger partial charge in [0.05, 0.1) is 30.5 Å². The number of anilines is 2. The molecule has 0 saturated carbocycles. The Morgan fingerprint density at radius 1 is 1.10 bits per heavy atom. The second kappa shape index (κ2) is 9.95. The number of rotatable bonds is 10. The molecule has 0 radical (unpaired) electrons. The number of carbonyl (C=O) groups is 1. The van der Waals surface area contributed by atoms with Crippen LogP contribution in [-0.4, -0.2) is 62.1 Å². The monoisotopic (exact) mass is 447 g/mol. The fourth-order valence-corrected chi connectivity index (χ4v) is 2.87. The van der Waals surface area contributed by atoms with Gasteiger partial charge in [-0.15, -0.1) is 17.5 Å². The van der Waals surface area contributed by atoms with Crippen LogP contribution in [0.5, 0.6) is 0 Å². The Hall–Kier alpha value is -3.58. The molecule has 4 N–H and O–H groups in total. The summed E-state index contributed by atoms with van der Waals surface area (Å²) in [5.41, 5.74) is 8.08. The van der Waals surface area contributed by atoms with Crippen molar-refractivity contribution in [3.05, 3.63) is 31.0 Å². The van der Waals surface area contributed by atoms with Crippen molar-refractivity contribution in [1.82, 2.24) is 44.5 Å². The molecule has 0 unspecified atom stereocenters. The smallest absolute Gasteiger partial charge is 0.303 e. The molecule has 0 aromatic carbocycles. The van der Waals surface area contributed by atoms with Crippen LogP contribution in [-0.2, 0) is 17.9 Å². The van der Waals surface area contributed by atoms with Crippen LogP contribution < -0.4 is 11.1 Å². The fourth-order valence-electron chi connectivity index (χ4n) is 2.87. The first-order valence-corrected chi connectivity index (χ1v) is 9.45. The standard InChI is InChI=1S/C17H21N11O2.ClH/c18-4-2-6-27-11-13(8-21-27)28-16-14(24-25-28)9-19-17(23-16)22-12-7-20-26(10-12)5-1-3-15(29)30;/h7-11H,1-6,18H2,(H,29,30)(H,19,22,23);1H. The highest BCUT2D eigenvalue weighted by molar-refractivity contribution is 5.85. The minimum absolute atomic E-state index is 0. The van der Waals surface area contributed by atoms with E-state index >= 15 is 0 Å². The second-order valence-electron chi connectivity index (χ2n) is 6.62. The summed E-state index contributed by atoms with van der Waals surface area (Å²) in [4.78, 5) is 19.4. The predicted molar refractivity (Wildman–Crippen MR) is 114 cm³/mol. The van der Waals surface area contributed by atoms with Crippen molar-refractivity contribution in [2.24, 2.45) is 5.73 Å². The highest BCUT2D eigenvalue weighted by Crippen LogP contribution is 2.17. The van der Waals surface area contributed by atoms with Gasteiger partial charge in [-0.1, -0.05) is 5.21 Å². The van der Waals surface area contributed by atoms with E-state index in [1.807, 2.05) is 6.20 Å². The van der Waals surface area contributed by atoms with E-state index < -0.39 is 5.97 Å². The lowest BCUT2D eigenvalue weighted by molar-refractivity contribution is -0.137. The lowest BCUT2D eigenvalue weighted by Crippen LogP contribution is -2.06. The maximum atomic E-state index is 10.6. The SMILES string of the molecule is Cl.NCCCn1cc(-n2nnc3cnc(Nc4cnn(CCCC(=O)O)c4)nc32)cn1. The zero-order valence-electron chi connectivity index (χ0n) is 16.5. The molecule has 0 aliphatic rings. The van der Waals surface area contributed by atoms with Crippen molar-refractivity contribution in [2.45, 2.75) is 32.4 Å². The Bertz CT molecular complexity index is 1150. The minimum Gasteiger partial charge on any atom is -0.481 e. The third-order valence-corrected chi connectivity index (χ3v) is 4.32. The number of nitrogens with zero attached hydrogens (tertiary/aromatic N) is 9. The molecule has 0 saturated heterocycles. The maximum absolute atomic E-state index is 10.6. The zero-order valence-corrected chi connectivity index (χ0v) is 17.3. The van der Waals surface area contributed by atoms with Gasteiger partial charge in [-0.2, -0.15) is 19.9 Å². The van der Waals surface area contributed by atoms with Crippen LogP contribution in [0.4, 0.5) is 11.6 Å². The molecule has 4 heterocycles. The predicted octanol–water partition coefficient (Wildman–Crippen LogP) is 0.982. The second-order valence-corrected chi connectivity index (χ2v) is 6.62. The number of nitrogens with two attached hydrogens (primary N) is 1. The van der Waals surface area contributed by atoms with E-state index in [0.29, 0.717) is 42.3 Å². The Balaban J connectivity index is 0.00000272. The number of aliphatic carboxylic acids is 1. The van der Waals surface area contributed by atoms with Crippen LogP contribution in [0.25, 0.3) is 16.9 Å². The summed E-state index contributed by atoms with van der Waals surface area (Å²) in [5, 5.41) is 28.6. The van der Waals surface area contributed by atoms with Gasteiger partial charge in [0.15, 0.2) is 11.2 Å². The number of aryl methyl sites for hydroxylation is 2. The highest BCUT2D eigenvalue weighted by Gasteiger charge is 2.12. The van der Waals surface area contributed by atoms with Crippen LogP contribution in [0, 0.1) is 0 Å². The fraction of sp³-hybridized carbons (Fsp3) is 0.353. The van der Waals surface area contributed by atoms with Crippen molar-refractivity contribution in [2.75, 3.05) is 11.9 Å². The Kier molecular flexibility index (Phi) is 7.10. The molecular formula is C17H22ClN11O2. The molecule has 0 fully saturated rings. The molecule has 13 nitrogen and oxygen atoms in total. The number of carboxylic acid groups (broad SMARTS) is 1. The first-order chi connectivity index (χ1) is 14.6. The minimum atomic E-state index is -0.822. The molecule has 0 aliphatic heterocycles. The third-order valence-electron chi connectivity index (χ3n) is 4.32. The van der Waals surface area contributed by atoms with Crippen molar-refractivity contribution >= 4 is 41.2 Å². The van der Waals surface area contributed by atoms with Crippen LogP contribution >= 0.6 is 12.4 Å². The number of aromatic nitrogens is 9. The average molecular weight is 448 g/mol. The summed E-state index contributed by atoms with van der Waals surface area (Å²) in [6.07, 6.45) is 9.98. The van der Waals surface area contributed by atoms with E-state index in [2.05, 4.69) is 35.8 Å². The van der Waals surface area contributed by atoms with Gasteiger partial charge in [0.1, 0.15) is 5.69 Å². The average Bonchev–Trinajstić information content (AvgIpc) is 3.45. The Morgan fingerprint density at radius 3 is 2.68 bits per heavy atom. The van der Waals surface area contributed by atoms with Crippen molar-refractivity contribution in [1.29, 1.82) is 0 Å². The van der Waals surface area contributed by atoms with Crippen LogP contribution in [0.15, 0.2) is 31.0 Å². The molecule has 4 aromatic heterocycles. The van der Waals surface area contributed by atoms with E-state index in [0.717, 1.165) is 18.7 Å². The van der Waals surface area contributed by atoms with E-state index in [9.17, 15) is 4.79 Å². The number of hydrogen-bond acceptors (Lipinski definition) is 9. The zero-order chi connectivity index (χ0) is 20.9. The van der Waals surface area contributed by atoms with Gasteiger partial charge < -0.3 is 16.2 Å². The van der Waals surface area contributed by atoms with E-state index in [4.69, 9.17) is 10.8 Å². The lowest BCUT2D eigenvalue weighted by atomic mass is 10.3. The number of nitrogens with one attached hydrogen (secondary N) is 1. The highest BCUT2D eigenvalue weighted by atomic mass is 35.5. The van der Waals surface area contributed by atoms with Crippen molar-refractivity contribution in [3.8, 4) is 5.69 Å². The molecule has 164 valence electrons. The molecular weight excluding hydrogens is 426 g/mol. The molecule has 4 rings (SSSR count). The third kappa shape index (κ3) is 5.32. The summed E-state index contributed by atoms with van der Waals surface area (Å²) in [7, 11) is 0. The van der Waals surface area contributed by atoms with Gasteiger partial charge in [0.25, 0.3) is 0 Å². The van der Waals surface area contributed by atoms with Gasteiger partial charge in [0.2, 0.25) is 5.95 Å². The molecule has 0 aliphatic carbocycles. The lowest BCUT2D eigenvalue weighted by Gasteiger charge is -2.02. The van der Waals surface area contributed by atoms with Crippen LogP contribution in [0.3, 0.4) is 0 Å². The van der Waals surface area contributed by atoms with Crippen LogP contribution in [0.1, 0.15) is 19.3 Å². The quantitative estimate of drug-likeness (QED) is 0.318. The summed E-state index contributed by atoms with van der Waals surface area (Å²) in [6.45, 7) is 1.83. The van der Waals surface area contributed by atoms with E-state index in [-0.39, 0.29) is 18.8 Å². The van der Waals surface area contributed by atoms with Gasteiger partial charge in [-0.25, -0.2) is 4.98 Å². The van der Waals surface area contributed by atoms with E-state index in [1.54, 1.807) is 38.8 Å². The van der Waals surface area contributed by atoms with Gasteiger partial charge in [-0.05, 0) is 19.4 Å². The molecule has 0 bridgehead atoms. The Labute approximate surface area is 182 Å². The molecule has 14 heteroatoms. The van der Waals surface area contributed by atoms with Crippen molar-refractivity contribution < 1.29 is 9.90 Å². The Morgan fingerprint density at radius 2 is 1.87 bits per heavy atom. The number of carboxylic acids is 1. The van der Waals surface area contributed by atoms with Gasteiger partial charge in [0, 0.05) is 25.7 Å². The van der Waals surface area contributed by atoms with E-state index in [1.165, 1.54) is 0 Å². The summed E-state index contributed by atoms with van der Waals surface area (Å²) in [5.74, 6) is -0.455. The molecule has 0 amide bonds. The molecule has 4 aromatic rings. The van der Waals surface area contributed by atoms with Gasteiger partial charge in [-0.3, -0.25) is 14.2 Å². The first-order valence-electron chi connectivity index (χ1n) is 9.45. The largest absolute Gasteiger partial charge is 0.481 e. The molecule has 31 heavy (non-hydrogen) atoms. The summed E-state index contributed by atoms with van der Waals surface area (Å²) in [6, 6.07) is 0. The summed E-state index contributed by atoms with van der Waals surface area (Å²) >= 11 is 0. The van der Waals surface area contributed by atoms with Gasteiger partial charge >= 0.3 is 5.97 Å². The maximum Gasteiger partial charge on any atom is 0.303 e. The number of fused-ring (bicyclic) bond motifs is 1. The number of hydrogen-bond donors (Lipinski definition) is 3. The van der Waals surface area contributed by atoms with Crippen LogP contribution in [0.2, 0.25) is 0 Å². The summed E-state index contributed by atoms with van der Waals surface area (Å²) < 4.78 is 5.07. The van der Waals surface area contributed by atoms with Crippen molar-refractivity contribution in [3.63, 3.8) is 0 Å². The topological polar surface area (TPSA) is 167 Å². The normalized spacial score (nSPS) is 10.9. The molecule has 0 spiro atoms. The first kappa shape index (κ1) is 22.1.